The molecule has 2 aromatic heterocycles. The van der Waals surface area contributed by atoms with Gasteiger partial charge < -0.3 is 28.4 Å². The second-order valence-corrected chi connectivity index (χ2v) is 11.8. The van der Waals surface area contributed by atoms with Gasteiger partial charge in [0, 0.05) is 42.9 Å². The molecule has 230 valence electrons. The fourth-order valence-corrected chi connectivity index (χ4v) is 6.24. The molecule has 3 atom stereocenters. The molecule has 0 saturated carbocycles. The van der Waals surface area contributed by atoms with Gasteiger partial charge in [-0.1, -0.05) is 23.7 Å². The van der Waals surface area contributed by atoms with Crippen molar-refractivity contribution in [1.29, 1.82) is 0 Å². The quantitative estimate of drug-likeness (QED) is 0.264. The minimum Gasteiger partial charge on any atom is -0.485 e. The van der Waals surface area contributed by atoms with E-state index < -0.39 is 17.9 Å². The molecular weight excluding hydrogens is 589 g/mol. The molecule has 3 aliphatic rings. The maximum absolute atomic E-state index is 14.7. The van der Waals surface area contributed by atoms with Crippen LogP contribution in [0.5, 0.6) is 11.5 Å². The Morgan fingerprint density at radius 2 is 2.02 bits per heavy atom. The maximum atomic E-state index is 14.7. The fourth-order valence-electron chi connectivity index (χ4n) is 6.09. The largest absolute Gasteiger partial charge is 0.485 e. The van der Waals surface area contributed by atoms with Crippen LogP contribution in [0.25, 0.3) is 11.2 Å². The third kappa shape index (κ3) is 5.44. The highest BCUT2D eigenvalue weighted by atomic mass is 35.5. The number of rotatable bonds is 7. The van der Waals surface area contributed by atoms with Crippen LogP contribution in [-0.4, -0.2) is 77.5 Å². The van der Waals surface area contributed by atoms with Crippen molar-refractivity contribution in [2.24, 2.45) is 0 Å². The molecule has 0 radical (unpaired) electrons. The molecule has 44 heavy (non-hydrogen) atoms. The molecule has 12 heteroatoms. The summed E-state index contributed by atoms with van der Waals surface area (Å²) in [7, 11) is 1.35. The average molecular weight is 622 g/mol. The van der Waals surface area contributed by atoms with Gasteiger partial charge in [0.15, 0.2) is 28.9 Å². The van der Waals surface area contributed by atoms with Crippen molar-refractivity contribution in [3.63, 3.8) is 0 Å². The van der Waals surface area contributed by atoms with E-state index in [2.05, 4.69) is 26.3 Å². The Balaban J connectivity index is 1.10. The number of halogens is 2. The number of imidazole rings is 1. The Morgan fingerprint density at radius 1 is 1.16 bits per heavy atom. The Labute approximate surface area is 259 Å². The molecule has 0 amide bonds. The van der Waals surface area contributed by atoms with E-state index in [1.54, 1.807) is 18.2 Å². The molecule has 0 N–H and O–H groups in total. The molecular formula is C32H33ClFN5O5. The number of piperazine rings is 1. The molecule has 2 saturated heterocycles. The molecule has 5 heterocycles. The molecule has 0 unspecified atom stereocenters. The Kier molecular flexibility index (Phi) is 7.77. The first-order valence-electron chi connectivity index (χ1n) is 14.8. The van der Waals surface area contributed by atoms with Crippen LogP contribution in [-0.2, 0) is 22.6 Å². The highest BCUT2D eigenvalue weighted by molar-refractivity contribution is 6.30. The molecule has 4 aromatic rings. The fraction of sp³-hybridized carbons (Fsp3) is 0.406. The predicted octanol–water partition coefficient (Wildman–Crippen LogP) is 5.02. The summed E-state index contributed by atoms with van der Waals surface area (Å²) in [5, 5.41) is 0.338. The summed E-state index contributed by atoms with van der Waals surface area (Å²) in [6.07, 6.45) is 0.491. The van der Waals surface area contributed by atoms with Crippen molar-refractivity contribution in [2.75, 3.05) is 44.9 Å². The normalized spacial score (nSPS) is 21.7. The summed E-state index contributed by atoms with van der Waals surface area (Å²) in [5.41, 5.74) is 2.98. The predicted molar refractivity (Wildman–Crippen MR) is 162 cm³/mol. The van der Waals surface area contributed by atoms with Crippen LogP contribution in [0.4, 0.5) is 10.1 Å². The number of esters is 1. The Bertz CT molecular complexity index is 1710. The highest BCUT2D eigenvalue weighted by Crippen LogP contribution is 2.44. The Morgan fingerprint density at radius 3 is 2.77 bits per heavy atom. The van der Waals surface area contributed by atoms with Crippen molar-refractivity contribution < 1.29 is 28.1 Å². The topological polar surface area (TPSA) is 91.2 Å². The van der Waals surface area contributed by atoms with Crippen LogP contribution in [0.1, 0.15) is 41.3 Å². The standard InChI is InChI=1S/C32H33ClFN5O5/c1-19-15-38(26-4-3-5-27-30(26)44-28(18-43-27)22-7-6-20(33)14-23(22)34)12-11-37(19)17-29-35-24-8-9-25(32(40)41-2)36-31(24)39(29)16-21-10-13-42-21/h3-9,14,19,21,28H,10-13,15-18H2,1-2H3/t19-,21-,28-/m0/s1. The van der Waals surface area contributed by atoms with Crippen molar-refractivity contribution in [3.05, 3.63) is 76.5 Å². The van der Waals surface area contributed by atoms with Gasteiger partial charge in [-0.05, 0) is 49.7 Å². The first-order chi connectivity index (χ1) is 21.4. The number of hydrogen-bond donors (Lipinski definition) is 0. The maximum Gasteiger partial charge on any atom is 0.356 e. The molecule has 0 aliphatic carbocycles. The van der Waals surface area contributed by atoms with Gasteiger partial charge >= 0.3 is 5.97 Å². The molecule has 0 spiro atoms. The van der Waals surface area contributed by atoms with E-state index in [4.69, 9.17) is 35.5 Å². The zero-order chi connectivity index (χ0) is 30.4. The van der Waals surface area contributed by atoms with Crippen LogP contribution in [0.3, 0.4) is 0 Å². The summed E-state index contributed by atoms with van der Waals surface area (Å²) in [5.74, 6) is 1.25. The zero-order valence-electron chi connectivity index (χ0n) is 24.5. The van der Waals surface area contributed by atoms with Crippen molar-refractivity contribution >= 4 is 34.4 Å². The van der Waals surface area contributed by atoms with Gasteiger partial charge in [-0.3, -0.25) is 4.90 Å². The van der Waals surface area contributed by atoms with Gasteiger partial charge in [-0.15, -0.1) is 0 Å². The van der Waals surface area contributed by atoms with Crippen LogP contribution >= 0.6 is 11.6 Å². The molecule has 7 rings (SSSR count). The number of methoxy groups -OCH3 is 1. The van der Waals surface area contributed by atoms with Gasteiger partial charge in [0.05, 0.1) is 32.0 Å². The van der Waals surface area contributed by atoms with Crippen LogP contribution in [0.2, 0.25) is 5.02 Å². The summed E-state index contributed by atoms with van der Waals surface area (Å²) >= 11 is 5.97. The summed E-state index contributed by atoms with van der Waals surface area (Å²) < 4.78 is 39.9. The van der Waals surface area contributed by atoms with E-state index in [1.165, 1.54) is 13.2 Å². The van der Waals surface area contributed by atoms with E-state index >= 15 is 0 Å². The molecule has 3 aliphatic heterocycles. The third-order valence-electron chi connectivity index (χ3n) is 8.61. The number of para-hydroxylation sites is 1. The van der Waals surface area contributed by atoms with E-state index in [0.29, 0.717) is 40.8 Å². The Hall–Kier alpha value is -3.93. The second kappa shape index (κ2) is 11.9. The van der Waals surface area contributed by atoms with Gasteiger partial charge in [0.2, 0.25) is 0 Å². The number of anilines is 1. The van der Waals surface area contributed by atoms with Gasteiger partial charge in [-0.25, -0.2) is 19.2 Å². The lowest BCUT2D eigenvalue weighted by Crippen LogP contribution is -2.52. The van der Waals surface area contributed by atoms with Gasteiger partial charge in [0.1, 0.15) is 23.8 Å². The molecule has 10 nitrogen and oxygen atoms in total. The van der Waals surface area contributed by atoms with Crippen LogP contribution in [0, 0.1) is 5.82 Å². The third-order valence-corrected chi connectivity index (χ3v) is 8.85. The number of aromatic nitrogens is 3. The molecule has 0 bridgehead atoms. The number of nitrogens with zero attached hydrogens (tertiary/aromatic N) is 5. The number of carbonyl (C=O) groups excluding carboxylic acids is 1. The number of hydrogen-bond acceptors (Lipinski definition) is 9. The van der Waals surface area contributed by atoms with Crippen LogP contribution in [0.15, 0.2) is 48.5 Å². The zero-order valence-corrected chi connectivity index (χ0v) is 25.3. The molecule has 2 aromatic carbocycles. The number of fused-ring (bicyclic) bond motifs is 2. The first-order valence-corrected chi connectivity index (χ1v) is 15.2. The number of ether oxygens (including phenoxy) is 4. The number of carbonyl (C=O) groups is 1. The summed E-state index contributed by atoms with van der Waals surface area (Å²) in [4.78, 5) is 26.4. The average Bonchev–Trinajstić information content (AvgIpc) is 3.34. The van der Waals surface area contributed by atoms with Gasteiger partial charge in [0.25, 0.3) is 0 Å². The van der Waals surface area contributed by atoms with E-state index in [-0.39, 0.29) is 24.4 Å². The van der Waals surface area contributed by atoms with E-state index in [1.807, 2.05) is 24.3 Å². The smallest absolute Gasteiger partial charge is 0.356 e. The van der Waals surface area contributed by atoms with E-state index in [0.717, 1.165) is 49.7 Å². The first kappa shape index (κ1) is 28.8. The lowest BCUT2D eigenvalue weighted by Gasteiger charge is -2.42. The highest BCUT2D eigenvalue weighted by Gasteiger charge is 2.32. The minimum atomic E-state index is -0.583. The van der Waals surface area contributed by atoms with Crippen LogP contribution < -0.4 is 14.4 Å². The lowest BCUT2D eigenvalue weighted by molar-refractivity contribution is -0.0593. The number of benzene rings is 2. The SMILES string of the molecule is COC(=O)c1ccc2nc(CN3CCN(c4cccc5c4O[C@H](c4ccc(Cl)cc4F)CO5)C[C@@H]3C)n(C[C@@H]3CCO3)c2n1. The number of pyridine rings is 1. The molecule has 2 fully saturated rings. The van der Waals surface area contributed by atoms with Crippen molar-refractivity contribution in [2.45, 2.75) is 44.7 Å². The van der Waals surface area contributed by atoms with Crippen molar-refractivity contribution in [3.8, 4) is 11.5 Å². The van der Waals surface area contributed by atoms with Crippen molar-refractivity contribution in [1.82, 2.24) is 19.4 Å². The summed E-state index contributed by atoms with van der Waals surface area (Å²) in [6.45, 7) is 6.68. The second-order valence-electron chi connectivity index (χ2n) is 11.4. The monoisotopic (exact) mass is 621 g/mol. The minimum absolute atomic E-state index is 0.0978. The summed E-state index contributed by atoms with van der Waals surface area (Å²) in [6, 6.07) is 14.1. The lowest BCUT2D eigenvalue weighted by atomic mass is 10.1. The van der Waals surface area contributed by atoms with Gasteiger partial charge in [-0.2, -0.15) is 0 Å². The van der Waals surface area contributed by atoms with E-state index in [9.17, 15) is 9.18 Å².